The van der Waals surface area contributed by atoms with Gasteiger partial charge in [0, 0.05) is 46.2 Å². The zero-order valence-electron chi connectivity index (χ0n) is 25.4. The molecule has 2 aliphatic heterocycles. The molecule has 0 saturated carbocycles. The SMILES string of the molecule is C/C=C1\C(=C\c2[nH]c(/[13CH]=c3/[nH]/c(=[13CH]/C4=NC(=O)C(CC)=C4C)c(C)c3CCC(=O)O)c(CCC(=O)O)c2C)NC(=O)C1C. The first kappa shape index (κ1) is 31.2. The summed E-state index contributed by atoms with van der Waals surface area (Å²) in [5.74, 6) is -2.44. The minimum atomic E-state index is -0.923. The molecule has 1 atom stereocenters. The first-order valence-corrected chi connectivity index (χ1v) is 14.4. The Kier molecular flexibility index (Phi) is 9.18. The fraction of sp³-hybridized carbons (Fsp3) is 0.364. The molecule has 0 spiro atoms. The second-order valence-electron chi connectivity index (χ2n) is 11.0. The number of amides is 2. The molecular weight excluding hydrogens is 550 g/mol. The number of allylic oxidation sites excluding steroid dienone is 3. The smallest absolute Gasteiger partial charge is 0.303 e. The van der Waals surface area contributed by atoms with Crippen LogP contribution in [0.2, 0.25) is 0 Å². The summed E-state index contributed by atoms with van der Waals surface area (Å²) in [5.41, 5.74) is 8.40. The normalized spacial score (nSPS) is 19.8. The number of carbonyl (C=O) groups is 4. The highest BCUT2D eigenvalue weighted by Crippen LogP contribution is 2.29. The van der Waals surface area contributed by atoms with E-state index in [1.807, 2.05) is 65.8 Å². The van der Waals surface area contributed by atoms with Crippen molar-refractivity contribution in [2.75, 3.05) is 0 Å². The van der Waals surface area contributed by atoms with Crippen molar-refractivity contribution in [3.8, 4) is 0 Å². The molecule has 4 rings (SSSR count). The number of nitrogens with zero attached hydrogens (tertiary/aromatic N) is 1. The predicted octanol–water partition coefficient (Wildman–Crippen LogP) is 3.36. The molecule has 1 saturated heterocycles. The van der Waals surface area contributed by atoms with E-state index < -0.39 is 11.9 Å². The van der Waals surface area contributed by atoms with Gasteiger partial charge in [-0.1, -0.05) is 13.0 Å². The number of aliphatic carboxylic acids is 2. The maximum atomic E-state index is 12.3. The third-order valence-electron chi connectivity index (χ3n) is 8.35. The molecule has 0 bridgehead atoms. The molecule has 0 radical (unpaired) electrons. The summed E-state index contributed by atoms with van der Waals surface area (Å²) >= 11 is 0. The lowest BCUT2D eigenvalue weighted by molar-refractivity contribution is -0.138. The molecule has 5 N–H and O–H groups in total. The standard InChI is InChI=1S/C33H38N4O6/c1-7-20-19(6)32(42)37-27(20)14-25-18(5)23(10-12-31(40)41)29(35-25)15-28-22(9-11-30(38)39)17(4)24(34-28)13-26-16(3)21(8-2)33(43)36-26/h7,13-15,19,34-35H,8-12H2,1-6H3,(H,37,42)(H,38,39)(H,40,41)/b20-7-,24-13+,27-14-,28-15+/i13+1,15+1. The summed E-state index contributed by atoms with van der Waals surface area (Å²) in [7, 11) is 0. The van der Waals surface area contributed by atoms with E-state index in [-0.39, 0.29) is 43.4 Å². The van der Waals surface area contributed by atoms with Gasteiger partial charge in [0.2, 0.25) is 5.91 Å². The van der Waals surface area contributed by atoms with Crippen molar-refractivity contribution in [2.45, 2.75) is 73.6 Å². The zero-order valence-corrected chi connectivity index (χ0v) is 25.4. The highest BCUT2D eigenvalue weighted by atomic mass is 16.4. The summed E-state index contributed by atoms with van der Waals surface area (Å²) in [5, 5.41) is 23.2. The van der Waals surface area contributed by atoms with Gasteiger partial charge in [-0.05, 0) is 106 Å². The Bertz CT molecular complexity index is 1780. The highest BCUT2D eigenvalue weighted by molar-refractivity contribution is 6.30. The van der Waals surface area contributed by atoms with Gasteiger partial charge in [0.1, 0.15) is 0 Å². The van der Waals surface area contributed by atoms with Gasteiger partial charge < -0.3 is 25.5 Å². The van der Waals surface area contributed by atoms with E-state index in [9.17, 15) is 29.4 Å². The van der Waals surface area contributed by atoms with Crippen LogP contribution in [0.1, 0.15) is 80.6 Å². The quantitative estimate of drug-likeness (QED) is 0.267. The Labute approximate surface area is 249 Å². The molecular formula is C33H38N4O6. The van der Waals surface area contributed by atoms with Crippen LogP contribution in [-0.4, -0.2) is 49.6 Å². The fourth-order valence-corrected chi connectivity index (χ4v) is 5.77. The highest BCUT2D eigenvalue weighted by Gasteiger charge is 2.29. The fourth-order valence-electron chi connectivity index (χ4n) is 5.77. The van der Waals surface area contributed by atoms with E-state index in [4.69, 9.17) is 0 Å². The summed E-state index contributed by atoms with van der Waals surface area (Å²) in [4.78, 5) is 58.8. The molecule has 2 aromatic rings. The van der Waals surface area contributed by atoms with Crippen LogP contribution in [0.15, 0.2) is 33.5 Å². The van der Waals surface area contributed by atoms with Gasteiger partial charge in [-0.15, -0.1) is 0 Å². The molecule has 2 amide bonds. The molecule has 43 heavy (non-hydrogen) atoms. The predicted molar refractivity (Wildman–Crippen MR) is 165 cm³/mol. The number of carboxylic acids is 2. The number of carboxylic acid groups (broad SMARTS) is 2. The monoisotopic (exact) mass is 588 g/mol. The first-order valence-electron chi connectivity index (χ1n) is 14.4. The Morgan fingerprint density at radius 2 is 1.53 bits per heavy atom. The third kappa shape index (κ3) is 6.38. The number of rotatable bonds is 10. The Morgan fingerprint density at radius 3 is 2.12 bits per heavy atom. The molecule has 1 unspecified atom stereocenters. The van der Waals surface area contributed by atoms with Crippen molar-refractivity contribution < 1.29 is 29.4 Å². The van der Waals surface area contributed by atoms with Crippen LogP contribution in [-0.2, 0) is 32.0 Å². The molecule has 2 aliphatic rings. The lowest BCUT2D eigenvalue weighted by Gasteiger charge is -2.03. The Morgan fingerprint density at radius 1 is 0.884 bits per heavy atom. The van der Waals surface area contributed by atoms with Gasteiger partial charge in [0.15, 0.2) is 0 Å². The van der Waals surface area contributed by atoms with Gasteiger partial charge in [-0.3, -0.25) is 19.2 Å². The van der Waals surface area contributed by atoms with Crippen molar-refractivity contribution in [1.29, 1.82) is 0 Å². The average molecular weight is 589 g/mol. The maximum absolute atomic E-state index is 12.3. The van der Waals surface area contributed by atoms with E-state index in [0.717, 1.165) is 39.1 Å². The number of aliphatic imine (C=N–C) groups is 1. The number of nitrogens with one attached hydrogen (secondary N) is 3. The lowest BCUT2D eigenvalue weighted by atomic mass is 10.0. The first-order chi connectivity index (χ1) is 20.4. The minimum absolute atomic E-state index is 0.0721. The number of hydrogen-bond donors (Lipinski definition) is 5. The Balaban J connectivity index is 1.91. The molecule has 4 heterocycles. The molecule has 10 heteroatoms. The van der Waals surface area contributed by atoms with Crippen LogP contribution < -0.4 is 16.0 Å². The van der Waals surface area contributed by atoms with Gasteiger partial charge >= 0.3 is 11.9 Å². The van der Waals surface area contributed by atoms with Crippen molar-refractivity contribution in [1.82, 2.24) is 15.3 Å². The molecule has 1 fully saturated rings. The number of aromatic amines is 2. The third-order valence-corrected chi connectivity index (χ3v) is 8.35. The van der Waals surface area contributed by atoms with Crippen molar-refractivity contribution in [3.05, 3.63) is 72.8 Å². The Hall–Kier alpha value is -4.73. The second kappa shape index (κ2) is 12.6. The minimum Gasteiger partial charge on any atom is -0.481 e. The van der Waals surface area contributed by atoms with Crippen LogP contribution in [0, 0.1) is 19.8 Å². The van der Waals surface area contributed by atoms with Crippen LogP contribution in [0.25, 0.3) is 18.2 Å². The van der Waals surface area contributed by atoms with E-state index in [0.29, 0.717) is 39.8 Å². The number of H-pyrrole nitrogens is 2. The number of aromatic nitrogens is 2. The van der Waals surface area contributed by atoms with Gasteiger partial charge in [-0.25, -0.2) is 4.99 Å². The van der Waals surface area contributed by atoms with E-state index in [2.05, 4.69) is 20.3 Å². The molecule has 0 aliphatic carbocycles. The number of carbonyl (C=O) groups excluding carboxylic acids is 2. The van der Waals surface area contributed by atoms with Crippen LogP contribution in [0.3, 0.4) is 0 Å². The summed E-state index contributed by atoms with van der Waals surface area (Å²) in [6, 6.07) is 0. The summed E-state index contributed by atoms with van der Waals surface area (Å²) in [6.45, 7) is 11.3. The van der Waals surface area contributed by atoms with Gasteiger partial charge in [0.05, 0.1) is 11.6 Å². The second-order valence-corrected chi connectivity index (χ2v) is 11.0. The average Bonchev–Trinajstić information content (AvgIpc) is 3.59. The van der Waals surface area contributed by atoms with Crippen LogP contribution >= 0.6 is 0 Å². The van der Waals surface area contributed by atoms with E-state index in [1.165, 1.54) is 0 Å². The number of hydrogen-bond acceptors (Lipinski definition) is 4. The molecule has 226 valence electrons. The van der Waals surface area contributed by atoms with Crippen molar-refractivity contribution in [3.63, 3.8) is 0 Å². The van der Waals surface area contributed by atoms with Crippen molar-refractivity contribution in [2.24, 2.45) is 10.9 Å². The summed E-state index contributed by atoms with van der Waals surface area (Å²) < 4.78 is 0. The topological polar surface area (TPSA) is 165 Å². The molecule has 2 aromatic heterocycles. The van der Waals surface area contributed by atoms with E-state index in [1.54, 1.807) is 0 Å². The van der Waals surface area contributed by atoms with Crippen LogP contribution in [0.5, 0.6) is 0 Å². The van der Waals surface area contributed by atoms with E-state index >= 15 is 0 Å². The van der Waals surface area contributed by atoms with Crippen molar-refractivity contribution >= 4 is 47.7 Å². The summed E-state index contributed by atoms with van der Waals surface area (Å²) in [6.07, 6.45) is 8.45. The van der Waals surface area contributed by atoms with Gasteiger partial charge in [-0.2, -0.15) is 0 Å². The molecule has 10 nitrogen and oxygen atoms in total. The van der Waals surface area contributed by atoms with Crippen LogP contribution in [0.4, 0.5) is 0 Å². The van der Waals surface area contributed by atoms with Gasteiger partial charge in [0.25, 0.3) is 5.91 Å². The lowest BCUT2D eigenvalue weighted by Crippen LogP contribution is -2.16. The maximum Gasteiger partial charge on any atom is 0.303 e. The molecule has 0 aromatic carbocycles. The largest absolute Gasteiger partial charge is 0.481 e. The zero-order chi connectivity index (χ0) is 31.6.